The number of hydrogen-bond acceptors (Lipinski definition) is 1. The average molecular weight is 176 g/mol. The molecule has 0 bridgehead atoms. The monoisotopic (exact) mass is 176 g/mol. The van der Waals surface area contributed by atoms with E-state index in [1.807, 2.05) is 0 Å². The highest BCUT2D eigenvalue weighted by atomic mass is 14.9. The Morgan fingerprint density at radius 1 is 1.23 bits per heavy atom. The molecule has 1 heterocycles. The minimum absolute atomic E-state index is 0.0251. The summed E-state index contributed by atoms with van der Waals surface area (Å²) in [7, 11) is 0. The van der Waals surface area contributed by atoms with Crippen molar-refractivity contribution in [1.82, 2.24) is 4.98 Å². The molecular formula is C11H16N2. The largest absolute Gasteiger partial charge is 0.360 e. The van der Waals surface area contributed by atoms with Gasteiger partial charge in [0.1, 0.15) is 0 Å². The highest BCUT2D eigenvalue weighted by molar-refractivity contribution is 5.34. The van der Waals surface area contributed by atoms with Crippen molar-refractivity contribution in [2.24, 2.45) is 5.73 Å². The number of nitrogens with one attached hydrogen (secondary N) is 1. The van der Waals surface area contributed by atoms with Gasteiger partial charge in [-0.15, -0.1) is 0 Å². The van der Waals surface area contributed by atoms with E-state index in [1.165, 1.54) is 42.6 Å². The molecule has 2 aliphatic rings. The zero-order valence-electron chi connectivity index (χ0n) is 7.90. The molecule has 0 unspecified atom stereocenters. The van der Waals surface area contributed by atoms with Crippen LogP contribution in [-0.4, -0.2) is 4.98 Å². The third-order valence-electron chi connectivity index (χ3n) is 3.44. The zero-order chi connectivity index (χ0) is 8.89. The lowest BCUT2D eigenvalue weighted by Crippen LogP contribution is -2.19. The second-order valence-corrected chi connectivity index (χ2v) is 4.55. The molecule has 1 saturated carbocycles. The molecule has 3 rings (SSSR count). The topological polar surface area (TPSA) is 41.8 Å². The summed E-state index contributed by atoms with van der Waals surface area (Å²) in [5.41, 5.74) is 10.4. The Hall–Kier alpha value is -0.760. The summed E-state index contributed by atoms with van der Waals surface area (Å²) in [5.74, 6) is 0. The Bertz CT molecular complexity index is 310. The van der Waals surface area contributed by atoms with Crippen LogP contribution in [0.5, 0.6) is 0 Å². The van der Waals surface area contributed by atoms with Crippen LogP contribution >= 0.6 is 0 Å². The van der Waals surface area contributed by atoms with Crippen LogP contribution in [-0.2, 0) is 18.4 Å². The number of nitrogens with two attached hydrogens (primary N) is 1. The van der Waals surface area contributed by atoms with Gasteiger partial charge in [-0.05, 0) is 50.2 Å². The van der Waals surface area contributed by atoms with E-state index in [2.05, 4.69) is 11.1 Å². The van der Waals surface area contributed by atoms with Crippen molar-refractivity contribution >= 4 is 0 Å². The fraction of sp³-hybridized carbons (Fsp3) is 0.636. The molecule has 0 saturated heterocycles. The van der Waals surface area contributed by atoms with Gasteiger partial charge in [-0.3, -0.25) is 0 Å². The summed E-state index contributed by atoms with van der Waals surface area (Å²) in [5, 5.41) is 0. The number of aryl methyl sites for hydroxylation is 2. The fourth-order valence-corrected chi connectivity index (χ4v) is 2.28. The molecule has 3 N–H and O–H groups in total. The summed E-state index contributed by atoms with van der Waals surface area (Å²) in [6.07, 6.45) is 7.48. The number of aromatic amines is 1. The minimum Gasteiger partial charge on any atom is -0.360 e. The molecule has 0 spiro atoms. The molecule has 0 aliphatic heterocycles. The lowest BCUT2D eigenvalue weighted by atomic mass is 9.98. The maximum absolute atomic E-state index is 6.15. The predicted octanol–water partition coefficient (Wildman–Crippen LogP) is 1.84. The van der Waals surface area contributed by atoms with Crippen molar-refractivity contribution < 1.29 is 0 Å². The van der Waals surface area contributed by atoms with Gasteiger partial charge in [-0.1, -0.05) is 0 Å². The van der Waals surface area contributed by atoms with Gasteiger partial charge in [0, 0.05) is 11.4 Å². The van der Waals surface area contributed by atoms with Crippen molar-refractivity contribution in [3.05, 3.63) is 23.0 Å². The fourth-order valence-electron chi connectivity index (χ4n) is 2.28. The predicted molar refractivity (Wildman–Crippen MR) is 52.5 cm³/mol. The molecule has 0 aromatic carbocycles. The minimum atomic E-state index is 0.0251. The smallest absolute Gasteiger partial charge is 0.0563 e. The maximum Gasteiger partial charge on any atom is 0.0563 e. The second-order valence-electron chi connectivity index (χ2n) is 4.55. The zero-order valence-corrected chi connectivity index (χ0v) is 7.90. The SMILES string of the molecule is NC1(c2cc3c([nH]2)CCCC3)CC1. The molecule has 1 fully saturated rings. The van der Waals surface area contributed by atoms with E-state index in [9.17, 15) is 0 Å². The number of rotatable bonds is 1. The van der Waals surface area contributed by atoms with Gasteiger partial charge in [-0.2, -0.15) is 0 Å². The normalized spacial score (nSPS) is 24.1. The molecule has 0 radical (unpaired) electrons. The van der Waals surface area contributed by atoms with Crippen LogP contribution in [0.25, 0.3) is 0 Å². The molecule has 70 valence electrons. The first-order valence-corrected chi connectivity index (χ1v) is 5.28. The Morgan fingerprint density at radius 3 is 2.69 bits per heavy atom. The third kappa shape index (κ3) is 1.12. The average Bonchev–Trinajstić information content (AvgIpc) is 2.76. The summed E-state index contributed by atoms with van der Waals surface area (Å²) < 4.78 is 0. The van der Waals surface area contributed by atoms with Crippen LogP contribution in [0.4, 0.5) is 0 Å². The molecule has 2 heteroatoms. The van der Waals surface area contributed by atoms with E-state index in [4.69, 9.17) is 5.73 Å². The Labute approximate surface area is 78.5 Å². The molecule has 2 aliphatic carbocycles. The van der Waals surface area contributed by atoms with Gasteiger partial charge in [0.15, 0.2) is 0 Å². The molecule has 1 aromatic heterocycles. The Morgan fingerprint density at radius 2 is 2.00 bits per heavy atom. The quantitative estimate of drug-likeness (QED) is 0.673. The Balaban J connectivity index is 2.00. The number of aromatic nitrogens is 1. The highest BCUT2D eigenvalue weighted by Gasteiger charge is 2.41. The van der Waals surface area contributed by atoms with Gasteiger partial charge in [-0.25, -0.2) is 0 Å². The summed E-state index contributed by atoms with van der Waals surface area (Å²) in [6.45, 7) is 0. The highest BCUT2D eigenvalue weighted by Crippen LogP contribution is 2.43. The standard InChI is InChI=1S/C11H16N2/c12-11(5-6-11)10-7-8-3-1-2-4-9(8)13-10/h7,13H,1-6,12H2. The van der Waals surface area contributed by atoms with Crippen molar-refractivity contribution in [3.63, 3.8) is 0 Å². The number of hydrogen-bond donors (Lipinski definition) is 2. The first kappa shape index (κ1) is 7.63. The molecule has 0 amide bonds. The lowest BCUT2D eigenvalue weighted by molar-refractivity contribution is 0.670. The van der Waals surface area contributed by atoms with Crippen molar-refractivity contribution in [1.29, 1.82) is 0 Å². The van der Waals surface area contributed by atoms with Gasteiger partial charge in [0.2, 0.25) is 0 Å². The van der Waals surface area contributed by atoms with Gasteiger partial charge < -0.3 is 10.7 Å². The molecule has 0 atom stereocenters. The van der Waals surface area contributed by atoms with E-state index >= 15 is 0 Å². The summed E-state index contributed by atoms with van der Waals surface area (Å²) in [4.78, 5) is 3.51. The van der Waals surface area contributed by atoms with E-state index in [1.54, 1.807) is 0 Å². The molecule has 1 aromatic rings. The number of H-pyrrole nitrogens is 1. The van der Waals surface area contributed by atoms with Crippen LogP contribution in [0.1, 0.15) is 42.6 Å². The van der Waals surface area contributed by atoms with Crippen LogP contribution in [0.15, 0.2) is 6.07 Å². The summed E-state index contributed by atoms with van der Waals surface area (Å²) in [6, 6.07) is 2.31. The van der Waals surface area contributed by atoms with Crippen LogP contribution < -0.4 is 5.73 Å². The maximum atomic E-state index is 6.15. The van der Waals surface area contributed by atoms with E-state index in [-0.39, 0.29) is 5.54 Å². The van der Waals surface area contributed by atoms with E-state index < -0.39 is 0 Å². The Kier molecular flexibility index (Phi) is 1.40. The van der Waals surface area contributed by atoms with Crippen LogP contribution in [0.3, 0.4) is 0 Å². The van der Waals surface area contributed by atoms with Crippen molar-refractivity contribution in [2.45, 2.75) is 44.1 Å². The molecule has 2 nitrogen and oxygen atoms in total. The van der Waals surface area contributed by atoms with Crippen LogP contribution in [0, 0.1) is 0 Å². The molecule has 13 heavy (non-hydrogen) atoms. The lowest BCUT2D eigenvalue weighted by Gasteiger charge is -2.09. The van der Waals surface area contributed by atoms with Crippen molar-refractivity contribution in [2.75, 3.05) is 0 Å². The number of fused-ring (bicyclic) bond motifs is 1. The first-order chi connectivity index (χ1) is 6.28. The second kappa shape index (κ2) is 2.38. The van der Waals surface area contributed by atoms with Crippen molar-refractivity contribution in [3.8, 4) is 0 Å². The van der Waals surface area contributed by atoms with Gasteiger partial charge in [0.25, 0.3) is 0 Å². The van der Waals surface area contributed by atoms with E-state index in [0.29, 0.717) is 0 Å². The third-order valence-corrected chi connectivity index (χ3v) is 3.44. The molecular weight excluding hydrogens is 160 g/mol. The van der Waals surface area contributed by atoms with Crippen LogP contribution in [0.2, 0.25) is 0 Å². The van der Waals surface area contributed by atoms with Gasteiger partial charge in [0.05, 0.1) is 5.54 Å². The van der Waals surface area contributed by atoms with Gasteiger partial charge >= 0.3 is 0 Å². The summed E-state index contributed by atoms with van der Waals surface area (Å²) >= 11 is 0. The first-order valence-electron chi connectivity index (χ1n) is 5.28. The van der Waals surface area contributed by atoms with E-state index in [0.717, 1.165) is 12.8 Å².